The fraction of sp³-hybridized carbons (Fsp3) is 0.536. The topological polar surface area (TPSA) is 26.3 Å². The lowest BCUT2D eigenvalue weighted by Gasteiger charge is -2.43. The normalized spacial score (nSPS) is 12.3. The minimum Gasteiger partial charge on any atom is -0.542 e. The highest BCUT2D eigenvalue weighted by molar-refractivity contribution is 6.78. The number of carbonyl (C=O) groups excluding carboxylic acids is 1. The Hall–Kier alpha value is -1.87. The fourth-order valence-corrected chi connectivity index (χ4v) is 10.6. The molecule has 0 amide bonds. The van der Waals surface area contributed by atoms with Crippen LogP contribution in [0.1, 0.15) is 99.5 Å². The standard InChI is InChI=1S/C28H42O2Si/c1-18(2)26-15-24(16-27-22(9)13-25(17-29)14-23(27)10)11-12-28(26)30-31(19(3)4,20(5)6)21(7)8/h11-15,17-21H,16H2,1-10H3. The van der Waals surface area contributed by atoms with E-state index in [1.807, 2.05) is 12.1 Å². The van der Waals surface area contributed by atoms with Gasteiger partial charge in [0.25, 0.3) is 8.32 Å². The van der Waals surface area contributed by atoms with Crippen molar-refractivity contribution in [1.29, 1.82) is 0 Å². The summed E-state index contributed by atoms with van der Waals surface area (Å²) in [6.45, 7) is 22.7. The van der Waals surface area contributed by atoms with Gasteiger partial charge in [-0.2, -0.15) is 0 Å². The van der Waals surface area contributed by atoms with E-state index in [9.17, 15) is 4.79 Å². The molecule has 0 spiro atoms. The first-order chi connectivity index (χ1) is 14.4. The van der Waals surface area contributed by atoms with Crippen LogP contribution in [0.4, 0.5) is 0 Å². The van der Waals surface area contributed by atoms with Gasteiger partial charge in [0, 0.05) is 5.56 Å². The van der Waals surface area contributed by atoms with Gasteiger partial charge in [0.1, 0.15) is 12.0 Å². The fourth-order valence-electron chi connectivity index (χ4n) is 5.37. The van der Waals surface area contributed by atoms with Gasteiger partial charge >= 0.3 is 0 Å². The van der Waals surface area contributed by atoms with Gasteiger partial charge in [0.05, 0.1) is 0 Å². The van der Waals surface area contributed by atoms with Crippen LogP contribution in [0.3, 0.4) is 0 Å². The highest BCUT2D eigenvalue weighted by Crippen LogP contribution is 2.44. The van der Waals surface area contributed by atoms with Crippen LogP contribution in [0.5, 0.6) is 5.75 Å². The van der Waals surface area contributed by atoms with Crippen molar-refractivity contribution in [3.05, 3.63) is 63.7 Å². The lowest BCUT2D eigenvalue weighted by Crippen LogP contribution is -2.50. The molecule has 3 heteroatoms. The van der Waals surface area contributed by atoms with E-state index in [4.69, 9.17) is 4.43 Å². The quantitative estimate of drug-likeness (QED) is 0.290. The zero-order valence-electron chi connectivity index (χ0n) is 21.3. The summed E-state index contributed by atoms with van der Waals surface area (Å²) in [7, 11) is -2.00. The van der Waals surface area contributed by atoms with E-state index >= 15 is 0 Å². The van der Waals surface area contributed by atoms with Gasteiger partial charge in [-0.25, -0.2) is 0 Å². The van der Waals surface area contributed by atoms with E-state index < -0.39 is 8.32 Å². The largest absolute Gasteiger partial charge is 0.542 e. The van der Waals surface area contributed by atoms with Crippen LogP contribution >= 0.6 is 0 Å². The van der Waals surface area contributed by atoms with Gasteiger partial charge < -0.3 is 4.43 Å². The molecule has 2 nitrogen and oxygen atoms in total. The van der Waals surface area contributed by atoms with Gasteiger partial charge in [-0.05, 0) is 88.8 Å². The molecular weight excluding hydrogens is 396 g/mol. The predicted octanol–water partition coefficient (Wildman–Crippen LogP) is 8.38. The number of benzene rings is 2. The van der Waals surface area contributed by atoms with Crippen LogP contribution in [-0.4, -0.2) is 14.6 Å². The van der Waals surface area contributed by atoms with Gasteiger partial charge in [-0.1, -0.05) is 67.5 Å². The molecule has 170 valence electrons. The molecule has 0 bridgehead atoms. The van der Waals surface area contributed by atoms with Crippen LogP contribution in [0.2, 0.25) is 16.6 Å². The van der Waals surface area contributed by atoms with Crippen LogP contribution < -0.4 is 4.43 Å². The van der Waals surface area contributed by atoms with Crippen molar-refractivity contribution < 1.29 is 9.22 Å². The summed E-state index contributed by atoms with van der Waals surface area (Å²) in [5.41, 5.74) is 8.67. The van der Waals surface area contributed by atoms with Crippen molar-refractivity contribution >= 4 is 14.6 Å². The minimum absolute atomic E-state index is 0.396. The number of rotatable bonds is 9. The maximum Gasteiger partial charge on any atom is 0.258 e. The minimum atomic E-state index is -2.00. The Morgan fingerprint density at radius 3 is 1.77 bits per heavy atom. The summed E-state index contributed by atoms with van der Waals surface area (Å²) in [4.78, 5) is 11.2. The smallest absolute Gasteiger partial charge is 0.258 e. The Bertz CT molecular complexity index is 864. The SMILES string of the molecule is Cc1cc(C=O)cc(C)c1Cc1ccc(O[Si](C(C)C)(C(C)C)C(C)C)c(C(C)C)c1. The van der Waals surface area contributed by atoms with E-state index in [1.54, 1.807) is 0 Å². The Morgan fingerprint density at radius 2 is 1.35 bits per heavy atom. The molecule has 2 aromatic rings. The van der Waals surface area contributed by atoms with E-state index in [2.05, 4.69) is 87.4 Å². The Labute approximate surface area is 191 Å². The first-order valence-electron chi connectivity index (χ1n) is 11.8. The van der Waals surface area contributed by atoms with Crippen molar-refractivity contribution in [3.8, 4) is 5.75 Å². The molecule has 0 saturated carbocycles. The maximum atomic E-state index is 11.2. The molecule has 0 unspecified atom stereocenters. The molecule has 0 aliphatic heterocycles. The molecule has 0 heterocycles. The van der Waals surface area contributed by atoms with Crippen molar-refractivity contribution in [2.24, 2.45) is 0 Å². The van der Waals surface area contributed by atoms with Crippen LogP contribution in [0.25, 0.3) is 0 Å². The average Bonchev–Trinajstić information content (AvgIpc) is 2.68. The molecule has 2 rings (SSSR count). The van der Waals surface area contributed by atoms with Crippen molar-refractivity contribution in [2.75, 3.05) is 0 Å². The van der Waals surface area contributed by atoms with E-state index in [1.165, 1.54) is 27.8 Å². The van der Waals surface area contributed by atoms with E-state index in [-0.39, 0.29) is 0 Å². The van der Waals surface area contributed by atoms with Crippen LogP contribution in [0, 0.1) is 13.8 Å². The summed E-state index contributed by atoms with van der Waals surface area (Å²) < 4.78 is 7.06. The first kappa shape index (κ1) is 25.4. The summed E-state index contributed by atoms with van der Waals surface area (Å²) in [5.74, 6) is 1.47. The third-order valence-corrected chi connectivity index (χ3v) is 12.9. The first-order valence-corrected chi connectivity index (χ1v) is 13.9. The van der Waals surface area contributed by atoms with Gasteiger partial charge in [-0.3, -0.25) is 4.79 Å². The van der Waals surface area contributed by atoms with Gasteiger partial charge in [-0.15, -0.1) is 0 Å². The summed E-state index contributed by atoms with van der Waals surface area (Å²) in [5, 5.41) is 0. The zero-order chi connectivity index (χ0) is 23.5. The lowest BCUT2D eigenvalue weighted by atomic mass is 9.92. The molecule has 0 aliphatic carbocycles. The summed E-state index contributed by atoms with van der Waals surface area (Å²) >= 11 is 0. The maximum absolute atomic E-state index is 11.2. The number of aldehydes is 1. The number of carbonyl (C=O) groups is 1. The van der Waals surface area contributed by atoms with E-state index in [0.717, 1.165) is 24.0 Å². The van der Waals surface area contributed by atoms with Crippen LogP contribution in [-0.2, 0) is 6.42 Å². The summed E-state index contributed by atoms with van der Waals surface area (Å²) in [6.07, 6.45) is 1.80. The Kier molecular flexibility index (Phi) is 8.32. The van der Waals surface area contributed by atoms with E-state index in [0.29, 0.717) is 22.5 Å². The second-order valence-corrected chi connectivity index (χ2v) is 15.7. The molecule has 31 heavy (non-hydrogen) atoms. The zero-order valence-corrected chi connectivity index (χ0v) is 22.3. The highest BCUT2D eigenvalue weighted by atomic mass is 28.4. The van der Waals surface area contributed by atoms with Crippen molar-refractivity contribution in [2.45, 2.75) is 98.2 Å². The molecule has 0 aromatic heterocycles. The molecule has 0 saturated heterocycles. The Morgan fingerprint density at radius 1 is 0.839 bits per heavy atom. The lowest BCUT2D eigenvalue weighted by molar-refractivity contribution is 0.112. The van der Waals surface area contributed by atoms with Crippen LogP contribution in [0.15, 0.2) is 30.3 Å². The molecule has 2 aromatic carbocycles. The molecule has 0 aliphatic rings. The second-order valence-electron chi connectivity index (χ2n) is 10.4. The highest BCUT2D eigenvalue weighted by Gasteiger charge is 2.47. The third kappa shape index (κ3) is 5.31. The van der Waals surface area contributed by atoms with Gasteiger partial charge in [0.15, 0.2) is 0 Å². The average molecular weight is 439 g/mol. The number of aryl methyl sites for hydroxylation is 2. The summed E-state index contributed by atoms with van der Waals surface area (Å²) in [6, 6.07) is 10.8. The second kappa shape index (κ2) is 10.2. The monoisotopic (exact) mass is 438 g/mol. The van der Waals surface area contributed by atoms with Crippen molar-refractivity contribution in [1.82, 2.24) is 0 Å². The van der Waals surface area contributed by atoms with Crippen molar-refractivity contribution in [3.63, 3.8) is 0 Å². The molecule has 0 atom stereocenters. The molecule has 0 radical (unpaired) electrons. The molecule has 0 N–H and O–H groups in total. The molecular formula is C28H42O2Si. The number of hydrogen-bond acceptors (Lipinski definition) is 2. The Balaban J connectivity index is 2.48. The molecule has 0 fully saturated rings. The van der Waals surface area contributed by atoms with Gasteiger partial charge in [0.2, 0.25) is 0 Å². The predicted molar refractivity (Wildman–Crippen MR) is 136 cm³/mol. The third-order valence-electron chi connectivity index (χ3n) is 6.93. The number of hydrogen-bond donors (Lipinski definition) is 0.